The zero-order valence-corrected chi connectivity index (χ0v) is 17.7. The first-order valence-electron chi connectivity index (χ1n) is 8.99. The molecule has 1 N–H and O–H groups in total. The lowest BCUT2D eigenvalue weighted by Gasteiger charge is -2.29. The van der Waals surface area contributed by atoms with Crippen molar-refractivity contribution >= 4 is 35.0 Å². The normalized spacial score (nSPS) is 11.6. The molecule has 5 nitrogen and oxygen atoms in total. The maximum atomic E-state index is 13.1. The molecule has 0 aliphatic carbocycles. The van der Waals surface area contributed by atoms with E-state index in [0.717, 1.165) is 5.56 Å². The molecule has 2 aromatic rings. The molecule has 0 unspecified atom stereocenters. The Labute approximate surface area is 175 Å². The molecule has 0 spiro atoms. The van der Waals surface area contributed by atoms with Crippen molar-refractivity contribution in [3.05, 3.63) is 63.6 Å². The monoisotopic (exact) mass is 422 g/mol. The van der Waals surface area contributed by atoms with Crippen molar-refractivity contribution in [3.8, 4) is 5.75 Å². The van der Waals surface area contributed by atoms with Gasteiger partial charge in [0.2, 0.25) is 11.8 Å². The number of hydrogen-bond acceptors (Lipinski definition) is 3. The Kier molecular flexibility index (Phi) is 8.15. The van der Waals surface area contributed by atoms with Crippen LogP contribution in [0.25, 0.3) is 0 Å². The molecule has 150 valence electrons. The fourth-order valence-electron chi connectivity index (χ4n) is 2.80. The van der Waals surface area contributed by atoms with Crippen molar-refractivity contribution < 1.29 is 14.3 Å². The van der Waals surface area contributed by atoms with Gasteiger partial charge < -0.3 is 15.0 Å². The SMILES string of the molecule is CCNC(=O)[C@H](C)N(Cc1cccc(OC)c1)C(=O)Cc1ccc(Cl)cc1Cl. The Morgan fingerprint density at radius 3 is 2.57 bits per heavy atom. The van der Waals surface area contributed by atoms with Crippen molar-refractivity contribution in [2.75, 3.05) is 13.7 Å². The molecule has 28 heavy (non-hydrogen) atoms. The molecule has 0 aliphatic rings. The van der Waals surface area contributed by atoms with E-state index in [2.05, 4.69) is 5.32 Å². The molecule has 0 saturated heterocycles. The molecular weight excluding hydrogens is 399 g/mol. The molecule has 2 rings (SSSR count). The second-order valence-corrected chi connectivity index (χ2v) is 7.20. The first-order valence-corrected chi connectivity index (χ1v) is 9.75. The Balaban J connectivity index is 2.27. The number of halogens is 2. The van der Waals surface area contributed by atoms with Crippen LogP contribution in [0.1, 0.15) is 25.0 Å². The Morgan fingerprint density at radius 1 is 1.18 bits per heavy atom. The Morgan fingerprint density at radius 2 is 1.93 bits per heavy atom. The van der Waals surface area contributed by atoms with Gasteiger partial charge in [0.15, 0.2) is 0 Å². The van der Waals surface area contributed by atoms with Crippen LogP contribution in [-0.2, 0) is 22.6 Å². The van der Waals surface area contributed by atoms with Gasteiger partial charge in [0.25, 0.3) is 0 Å². The van der Waals surface area contributed by atoms with E-state index < -0.39 is 6.04 Å². The second-order valence-electron chi connectivity index (χ2n) is 6.36. The minimum Gasteiger partial charge on any atom is -0.497 e. The van der Waals surface area contributed by atoms with Crippen molar-refractivity contribution in [2.45, 2.75) is 32.9 Å². The van der Waals surface area contributed by atoms with Gasteiger partial charge >= 0.3 is 0 Å². The van der Waals surface area contributed by atoms with Crippen molar-refractivity contribution in [1.29, 1.82) is 0 Å². The summed E-state index contributed by atoms with van der Waals surface area (Å²) in [5.74, 6) is 0.281. The van der Waals surface area contributed by atoms with Crippen LogP contribution in [0.15, 0.2) is 42.5 Å². The van der Waals surface area contributed by atoms with E-state index in [9.17, 15) is 9.59 Å². The van der Waals surface area contributed by atoms with Gasteiger partial charge in [-0.2, -0.15) is 0 Å². The third-order valence-electron chi connectivity index (χ3n) is 4.36. The molecular formula is C21H24Cl2N2O3. The van der Waals surface area contributed by atoms with E-state index in [0.29, 0.717) is 27.9 Å². The Bertz CT molecular complexity index is 842. The number of nitrogens with zero attached hydrogens (tertiary/aromatic N) is 1. The average molecular weight is 423 g/mol. The lowest BCUT2D eigenvalue weighted by Crippen LogP contribution is -2.48. The summed E-state index contributed by atoms with van der Waals surface area (Å²) in [6, 6.07) is 11.8. The topological polar surface area (TPSA) is 58.6 Å². The first kappa shape index (κ1) is 22.1. The maximum absolute atomic E-state index is 13.1. The molecule has 0 heterocycles. The zero-order valence-electron chi connectivity index (χ0n) is 16.2. The van der Waals surface area contributed by atoms with Gasteiger partial charge in [-0.3, -0.25) is 9.59 Å². The minimum absolute atomic E-state index is 0.0731. The van der Waals surface area contributed by atoms with Crippen LogP contribution >= 0.6 is 23.2 Å². The van der Waals surface area contributed by atoms with E-state index >= 15 is 0 Å². The number of ether oxygens (including phenoxy) is 1. The average Bonchev–Trinajstić information content (AvgIpc) is 2.68. The number of carbonyl (C=O) groups is 2. The highest BCUT2D eigenvalue weighted by molar-refractivity contribution is 6.35. The summed E-state index contributed by atoms with van der Waals surface area (Å²) in [5.41, 5.74) is 1.53. The van der Waals surface area contributed by atoms with Crippen molar-refractivity contribution in [1.82, 2.24) is 10.2 Å². The molecule has 2 amide bonds. The van der Waals surface area contributed by atoms with Gasteiger partial charge in [-0.25, -0.2) is 0 Å². The number of methoxy groups -OCH3 is 1. The highest BCUT2D eigenvalue weighted by Crippen LogP contribution is 2.23. The fourth-order valence-corrected chi connectivity index (χ4v) is 3.28. The third kappa shape index (κ3) is 5.88. The molecule has 1 atom stereocenters. The number of carbonyl (C=O) groups excluding carboxylic acids is 2. The molecule has 2 aromatic carbocycles. The predicted octanol–water partition coefficient (Wildman–Crippen LogP) is 4.10. The molecule has 0 saturated carbocycles. The van der Waals surface area contributed by atoms with Gasteiger partial charge in [-0.1, -0.05) is 41.4 Å². The lowest BCUT2D eigenvalue weighted by atomic mass is 10.1. The van der Waals surface area contributed by atoms with Gasteiger partial charge in [0.05, 0.1) is 13.5 Å². The highest BCUT2D eigenvalue weighted by Gasteiger charge is 2.26. The summed E-state index contributed by atoms with van der Waals surface area (Å²) in [6.07, 6.45) is 0.0731. The second kappa shape index (κ2) is 10.3. The van der Waals surface area contributed by atoms with Crippen LogP contribution in [0.3, 0.4) is 0 Å². The molecule has 0 aromatic heterocycles. The number of benzene rings is 2. The third-order valence-corrected chi connectivity index (χ3v) is 4.95. The standard InChI is InChI=1S/C21H24Cl2N2O3/c1-4-24-21(27)14(2)25(13-15-6-5-7-18(10-15)28-3)20(26)11-16-8-9-17(22)12-19(16)23/h5-10,12,14H,4,11,13H2,1-3H3,(H,24,27)/t14-/m0/s1. The lowest BCUT2D eigenvalue weighted by molar-refractivity contribution is -0.140. The molecule has 0 fully saturated rings. The van der Waals surface area contributed by atoms with E-state index in [-0.39, 0.29) is 24.8 Å². The predicted molar refractivity (Wildman–Crippen MR) is 112 cm³/mol. The molecule has 7 heteroatoms. The van der Waals surface area contributed by atoms with Gasteiger partial charge in [-0.15, -0.1) is 0 Å². The number of nitrogens with one attached hydrogen (secondary N) is 1. The smallest absolute Gasteiger partial charge is 0.242 e. The molecule has 0 radical (unpaired) electrons. The quantitative estimate of drug-likeness (QED) is 0.696. The largest absolute Gasteiger partial charge is 0.497 e. The van der Waals surface area contributed by atoms with E-state index in [1.54, 1.807) is 37.1 Å². The van der Waals surface area contributed by atoms with Crippen LogP contribution in [0.5, 0.6) is 5.75 Å². The maximum Gasteiger partial charge on any atom is 0.242 e. The van der Waals surface area contributed by atoms with Crippen LogP contribution in [0.2, 0.25) is 10.0 Å². The van der Waals surface area contributed by atoms with Crippen LogP contribution in [0.4, 0.5) is 0 Å². The minimum atomic E-state index is -0.635. The van der Waals surface area contributed by atoms with Crippen LogP contribution in [0, 0.1) is 0 Å². The fraction of sp³-hybridized carbons (Fsp3) is 0.333. The summed E-state index contributed by atoms with van der Waals surface area (Å²) in [4.78, 5) is 27.0. The summed E-state index contributed by atoms with van der Waals surface area (Å²) in [7, 11) is 1.59. The van der Waals surface area contributed by atoms with E-state index in [1.807, 2.05) is 31.2 Å². The number of amides is 2. The highest BCUT2D eigenvalue weighted by atomic mass is 35.5. The summed E-state index contributed by atoms with van der Waals surface area (Å²) < 4.78 is 5.25. The van der Waals surface area contributed by atoms with Gasteiger partial charge in [0.1, 0.15) is 11.8 Å². The van der Waals surface area contributed by atoms with Gasteiger partial charge in [0, 0.05) is 23.1 Å². The van der Waals surface area contributed by atoms with E-state index in [4.69, 9.17) is 27.9 Å². The molecule has 0 bridgehead atoms. The van der Waals surface area contributed by atoms with Crippen molar-refractivity contribution in [2.24, 2.45) is 0 Å². The number of likely N-dealkylation sites (N-methyl/N-ethyl adjacent to an activating group) is 1. The zero-order chi connectivity index (χ0) is 20.7. The molecule has 0 aliphatic heterocycles. The number of hydrogen-bond donors (Lipinski definition) is 1. The van der Waals surface area contributed by atoms with Crippen LogP contribution in [-0.4, -0.2) is 36.4 Å². The van der Waals surface area contributed by atoms with Gasteiger partial charge in [-0.05, 0) is 49.2 Å². The van der Waals surface area contributed by atoms with E-state index in [1.165, 1.54) is 0 Å². The van der Waals surface area contributed by atoms with Crippen LogP contribution < -0.4 is 10.1 Å². The van der Waals surface area contributed by atoms with Crippen molar-refractivity contribution in [3.63, 3.8) is 0 Å². The Hall–Kier alpha value is -2.24. The summed E-state index contributed by atoms with van der Waals surface area (Å²) in [6.45, 7) is 4.33. The first-order chi connectivity index (χ1) is 13.3. The summed E-state index contributed by atoms with van der Waals surface area (Å²) in [5, 5.41) is 3.70. The number of rotatable bonds is 8. The summed E-state index contributed by atoms with van der Waals surface area (Å²) >= 11 is 12.2.